The van der Waals surface area contributed by atoms with Crippen molar-refractivity contribution in [2.24, 2.45) is 0 Å². The van der Waals surface area contributed by atoms with Crippen molar-refractivity contribution in [2.45, 2.75) is 13.3 Å². The summed E-state index contributed by atoms with van der Waals surface area (Å²) < 4.78 is 0. The molecule has 0 aliphatic carbocycles. The van der Waals surface area contributed by atoms with Crippen LogP contribution in [0, 0.1) is 0 Å². The average Bonchev–Trinajstić information content (AvgIpc) is 2.23. The van der Waals surface area contributed by atoms with Gasteiger partial charge in [0.1, 0.15) is 0 Å². The van der Waals surface area contributed by atoms with Gasteiger partial charge in [-0.15, -0.1) is 0 Å². The fourth-order valence-corrected chi connectivity index (χ4v) is 4.59. The molecule has 2 rings (SSSR count). The van der Waals surface area contributed by atoms with Crippen molar-refractivity contribution in [1.82, 2.24) is 0 Å². The predicted octanol–water partition coefficient (Wildman–Crippen LogP) is 3.71. The van der Waals surface area contributed by atoms with Crippen LogP contribution in [0.5, 0.6) is 0 Å². The highest BCUT2D eigenvalue weighted by molar-refractivity contribution is 7.65. The lowest BCUT2D eigenvalue weighted by Crippen LogP contribution is -2.11. The van der Waals surface area contributed by atoms with E-state index in [1.54, 1.807) is 0 Å². The highest BCUT2D eigenvalue weighted by Gasteiger charge is 2.18. The van der Waals surface area contributed by atoms with E-state index in [-0.39, 0.29) is 7.92 Å². The highest BCUT2D eigenvalue weighted by atomic mass is 35.5. The third-order valence-electron chi connectivity index (χ3n) is 2.61. The van der Waals surface area contributed by atoms with Crippen molar-refractivity contribution in [1.29, 1.82) is 0 Å². The summed E-state index contributed by atoms with van der Waals surface area (Å²) in [6.07, 6.45) is 3.53. The van der Waals surface area contributed by atoms with Gasteiger partial charge in [-0.05, 0) is 31.0 Å². The summed E-state index contributed by atoms with van der Waals surface area (Å²) in [5.74, 6) is 0. The molecule has 1 heterocycles. The first-order chi connectivity index (χ1) is 6.77. The molecule has 1 aromatic carbocycles. The molecule has 0 N–H and O–H groups in total. The van der Waals surface area contributed by atoms with Crippen molar-refractivity contribution < 1.29 is 0 Å². The Bertz CT molecular complexity index is 343. The molecule has 1 unspecified atom stereocenters. The minimum Gasteiger partial charge on any atom is -0.0892 e. The third kappa shape index (κ3) is 2.19. The van der Waals surface area contributed by atoms with Crippen LogP contribution in [0.2, 0.25) is 0 Å². The lowest BCUT2D eigenvalue weighted by molar-refractivity contribution is 1.12. The average molecular weight is 225 g/mol. The SMILES string of the molecule is CC1=C(Cl)CCP(c2ccccc2)C1. The molecule has 0 aromatic heterocycles. The van der Waals surface area contributed by atoms with Crippen LogP contribution in [0.15, 0.2) is 40.9 Å². The van der Waals surface area contributed by atoms with Gasteiger partial charge in [-0.1, -0.05) is 55.4 Å². The lowest BCUT2D eigenvalue weighted by atomic mass is 10.3. The molecule has 0 saturated carbocycles. The summed E-state index contributed by atoms with van der Waals surface area (Å²) in [6.45, 7) is 2.17. The maximum Gasteiger partial charge on any atom is 0.0177 e. The van der Waals surface area contributed by atoms with E-state index in [9.17, 15) is 0 Å². The first-order valence-electron chi connectivity index (χ1n) is 4.91. The van der Waals surface area contributed by atoms with E-state index < -0.39 is 0 Å². The summed E-state index contributed by atoms with van der Waals surface area (Å²) in [6, 6.07) is 10.8. The number of hydrogen-bond donors (Lipinski definition) is 0. The van der Waals surface area contributed by atoms with Crippen LogP contribution in [0.4, 0.5) is 0 Å². The Kier molecular flexibility index (Phi) is 3.26. The molecule has 0 nitrogen and oxygen atoms in total. The molecular weight excluding hydrogens is 211 g/mol. The van der Waals surface area contributed by atoms with Gasteiger partial charge in [0, 0.05) is 5.03 Å². The Labute approximate surface area is 91.7 Å². The quantitative estimate of drug-likeness (QED) is 0.638. The van der Waals surface area contributed by atoms with Gasteiger partial charge in [-0.3, -0.25) is 0 Å². The van der Waals surface area contributed by atoms with E-state index in [1.807, 2.05) is 0 Å². The monoisotopic (exact) mass is 224 g/mol. The maximum absolute atomic E-state index is 6.11. The number of allylic oxidation sites excluding steroid dienone is 2. The van der Waals surface area contributed by atoms with Crippen LogP contribution in [-0.4, -0.2) is 12.3 Å². The van der Waals surface area contributed by atoms with E-state index >= 15 is 0 Å². The van der Waals surface area contributed by atoms with E-state index in [1.165, 1.54) is 23.2 Å². The summed E-state index contributed by atoms with van der Waals surface area (Å²) >= 11 is 6.11. The van der Waals surface area contributed by atoms with Gasteiger partial charge in [0.25, 0.3) is 0 Å². The minimum atomic E-state index is 0.0249. The molecule has 1 aromatic rings. The number of hydrogen-bond acceptors (Lipinski definition) is 0. The minimum absolute atomic E-state index is 0.0249. The van der Waals surface area contributed by atoms with Crippen LogP contribution in [0.3, 0.4) is 0 Å². The van der Waals surface area contributed by atoms with Crippen LogP contribution < -0.4 is 5.30 Å². The number of rotatable bonds is 1. The van der Waals surface area contributed by atoms with Gasteiger partial charge in [-0.25, -0.2) is 0 Å². The fourth-order valence-electron chi connectivity index (χ4n) is 1.76. The molecule has 14 heavy (non-hydrogen) atoms. The molecule has 1 atom stereocenters. The second kappa shape index (κ2) is 4.47. The Balaban J connectivity index is 2.17. The van der Waals surface area contributed by atoms with Gasteiger partial charge >= 0.3 is 0 Å². The summed E-state index contributed by atoms with van der Waals surface area (Å²) in [4.78, 5) is 0. The molecule has 1 aliphatic heterocycles. The summed E-state index contributed by atoms with van der Waals surface area (Å²) in [5.41, 5.74) is 1.40. The molecule has 74 valence electrons. The van der Waals surface area contributed by atoms with Gasteiger partial charge < -0.3 is 0 Å². The van der Waals surface area contributed by atoms with Crippen LogP contribution in [0.1, 0.15) is 13.3 Å². The molecule has 0 spiro atoms. The highest BCUT2D eigenvalue weighted by Crippen LogP contribution is 2.43. The normalized spacial score (nSPS) is 22.6. The van der Waals surface area contributed by atoms with Crippen LogP contribution in [0.25, 0.3) is 0 Å². The zero-order valence-corrected chi connectivity index (χ0v) is 9.98. The van der Waals surface area contributed by atoms with Crippen molar-refractivity contribution >= 4 is 24.8 Å². The van der Waals surface area contributed by atoms with Gasteiger partial charge in [0.05, 0.1) is 0 Å². The molecule has 2 heteroatoms. The van der Waals surface area contributed by atoms with Gasteiger partial charge in [0.15, 0.2) is 0 Å². The number of halogens is 1. The van der Waals surface area contributed by atoms with Crippen LogP contribution in [-0.2, 0) is 0 Å². The van der Waals surface area contributed by atoms with E-state index in [0.29, 0.717) is 0 Å². The lowest BCUT2D eigenvalue weighted by Gasteiger charge is -2.23. The van der Waals surface area contributed by atoms with Crippen molar-refractivity contribution in [3.8, 4) is 0 Å². The van der Waals surface area contributed by atoms with E-state index in [2.05, 4.69) is 37.3 Å². The topological polar surface area (TPSA) is 0 Å². The second-order valence-corrected chi connectivity index (χ2v) is 6.51. The van der Waals surface area contributed by atoms with Gasteiger partial charge in [-0.2, -0.15) is 0 Å². The molecule has 0 radical (unpaired) electrons. The molecule has 0 fully saturated rings. The van der Waals surface area contributed by atoms with Crippen LogP contribution >= 0.6 is 19.5 Å². The molecule has 0 saturated heterocycles. The number of benzene rings is 1. The van der Waals surface area contributed by atoms with Gasteiger partial charge in [0.2, 0.25) is 0 Å². The standard InChI is InChI=1S/C12H14ClP/c1-10-9-14(8-7-12(10)13)11-5-3-2-4-6-11/h2-6H,7-9H2,1H3. The second-order valence-electron chi connectivity index (χ2n) is 3.69. The smallest absolute Gasteiger partial charge is 0.0177 e. The summed E-state index contributed by atoms with van der Waals surface area (Å²) in [7, 11) is 0.0249. The maximum atomic E-state index is 6.11. The van der Waals surface area contributed by atoms with Crippen molar-refractivity contribution in [2.75, 3.05) is 12.3 Å². The Morgan fingerprint density at radius 3 is 2.57 bits per heavy atom. The van der Waals surface area contributed by atoms with Crippen molar-refractivity contribution in [3.05, 3.63) is 40.9 Å². The third-order valence-corrected chi connectivity index (χ3v) is 5.77. The summed E-state index contributed by atoms with van der Waals surface area (Å²) in [5, 5.41) is 2.62. The Morgan fingerprint density at radius 1 is 1.21 bits per heavy atom. The molecule has 0 amide bonds. The predicted molar refractivity (Wildman–Crippen MR) is 65.9 cm³/mol. The first-order valence-corrected chi connectivity index (χ1v) is 7.00. The van der Waals surface area contributed by atoms with Crippen molar-refractivity contribution in [3.63, 3.8) is 0 Å². The Morgan fingerprint density at radius 2 is 1.93 bits per heavy atom. The zero-order chi connectivity index (χ0) is 9.97. The zero-order valence-electron chi connectivity index (χ0n) is 8.33. The van der Waals surface area contributed by atoms with E-state index in [0.717, 1.165) is 11.5 Å². The van der Waals surface area contributed by atoms with E-state index in [4.69, 9.17) is 11.6 Å². The first kappa shape index (κ1) is 10.2. The molecule has 1 aliphatic rings. The molecular formula is C12H14ClP. The fraction of sp³-hybridized carbons (Fsp3) is 0.333. The Hall–Kier alpha value is -0.320. The largest absolute Gasteiger partial charge is 0.0892 e. The molecule has 0 bridgehead atoms.